The van der Waals surface area contributed by atoms with Gasteiger partial charge in [0.15, 0.2) is 5.69 Å². The molecule has 6 heteroatoms. The van der Waals surface area contributed by atoms with Crippen molar-refractivity contribution >= 4 is 17.6 Å². The largest absolute Gasteiger partial charge is 0.395 e. The third kappa shape index (κ3) is 2.74. The van der Waals surface area contributed by atoms with E-state index in [1.165, 1.54) is 6.20 Å². The molecule has 1 aromatic rings. The lowest BCUT2D eigenvalue weighted by atomic mass is 10.3. The molecule has 5 nitrogen and oxygen atoms in total. The van der Waals surface area contributed by atoms with Crippen LogP contribution in [0.1, 0.15) is 23.8 Å². The van der Waals surface area contributed by atoms with Crippen LogP contribution in [0.3, 0.4) is 0 Å². The first-order valence-electron chi connectivity index (χ1n) is 4.47. The van der Waals surface area contributed by atoms with Gasteiger partial charge in [0.25, 0.3) is 5.91 Å². The van der Waals surface area contributed by atoms with E-state index in [-0.39, 0.29) is 12.5 Å². The third-order valence-corrected chi connectivity index (χ3v) is 2.21. The van der Waals surface area contributed by atoms with Crippen molar-refractivity contribution in [1.82, 2.24) is 13.6 Å². The van der Waals surface area contributed by atoms with E-state index in [0.29, 0.717) is 18.8 Å². The van der Waals surface area contributed by atoms with Crippen molar-refractivity contribution in [2.24, 2.45) is 0 Å². The first kappa shape index (κ1) is 11.1. The van der Waals surface area contributed by atoms with Crippen molar-refractivity contribution in [2.75, 3.05) is 19.7 Å². The van der Waals surface area contributed by atoms with Crippen LogP contribution in [-0.4, -0.2) is 44.4 Å². The molecular weight excluding hydrogens is 202 g/mol. The molecule has 14 heavy (non-hydrogen) atoms. The van der Waals surface area contributed by atoms with Gasteiger partial charge in [-0.15, -0.1) is 0 Å². The summed E-state index contributed by atoms with van der Waals surface area (Å²) in [5, 5.41) is 8.78. The van der Waals surface area contributed by atoms with Gasteiger partial charge >= 0.3 is 0 Å². The molecular formula is C8H13N3O2S. The Kier molecular flexibility index (Phi) is 4.48. The van der Waals surface area contributed by atoms with Crippen LogP contribution >= 0.6 is 11.7 Å². The minimum Gasteiger partial charge on any atom is -0.395 e. The maximum Gasteiger partial charge on any atom is 0.275 e. The smallest absolute Gasteiger partial charge is 0.275 e. The van der Waals surface area contributed by atoms with Gasteiger partial charge in [-0.2, -0.15) is 8.75 Å². The molecule has 0 fully saturated rings. The summed E-state index contributed by atoms with van der Waals surface area (Å²) in [5.74, 6) is -0.158. The second kappa shape index (κ2) is 5.66. The number of nitrogens with zero attached hydrogens (tertiary/aromatic N) is 3. The Labute approximate surface area is 86.7 Å². The fourth-order valence-corrected chi connectivity index (χ4v) is 1.53. The van der Waals surface area contributed by atoms with E-state index < -0.39 is 0 Å². The number of amides is 1. The number of carbonyl (C=O) groups is 1. The molecule has 0 saturated carbocycles. The number of aliphatic hydroxyl groups excluding tert-OH is 1. The molecule has 1 N–H and O–H groups in total. The van der Waals surface area contributed by atoms with Crippen LogP contribution in [0.5, 0.6) is 0 Å². The first-order valence-corrected chi connectivity index (χ1v) is 5.20. The first-order chi connectivity index (χ1) is 6.79. The summed E-state index contributed by atoms with van der Waals surface area (Å²) in [5.41, 5.74) is 0.358. The van der Waals surface area contributed by atoms with Gasteiger partial charge in [-0.25, -0.2) is 0 Å². The Bertz CT molecular complexity index is 270. The number of rotatable bonds is 5. The summed E-state index contributed by atoms with van der Waals surface area (Å²) < 4.78 is 7.63. The zero-order chi connectivity index (χ0) is 10.4. The molecule has 0 radical (unpaired) electrons. The highest BCUT2D eigenvalue weighted by molar-refractivity contribution is 6.99. The van der Waals surface area contributed by atoms with Crippen LogP contribution in [0.2, 0.25) is 0 Å². The SMILES string of the molecule is CCCN(CCO)C(=O)c1cnsn1. The summed E-state index contributed by atoms with van der Waals surface area (Å²) in [4.78, 5) is 13.3. The van der Waals surface area contributed by atoms with Gasteiger partial charge in [-0.05, 0) is 6.42 Å². The lowest BCUT2D eigenvalue weighted by Gasteiger charge is -2.19. The standard InChI is InChI=1S/C8H13N3O2S/c1-2-3-11(4-5-12)8(13)7-6-9-14-10-7/h6,12H,2-5H2,1H3. The van der Waals surface area contributed by atoms with Crippen LogP contribution < -0.4 is 0 Å². The van der Waals surface area contributed by atoms with E-state index in [1.807, 2.05) is 6.92 Å². The molecule has 0 bridgehead atoms. The van der Waals surface area contributed by atoms with E-state index in [9.17, 15) is 4.79 Å². The monoisotopic (exact) mass is 215 g/mol. The molecule has 0 aliphatic heterocycles. The van der Waals surface area contributed by atoms with E-state index >= 15 is 0 Å². The molecule has 0 saturated heterocycles. The molecule has 1 aromatic heterocycles. The molecule has 0 aliphatic rings. The molecule has 0 unspecified atom stereocenters. The van der Waals surface area contributed by atoms with Crippen molar-refractivity contribution in [3.63, 3.8) is 0 Å². The highest BCUT2D eigenvalue weighted by Crippen LogP contribution is 2.02. The maximum absolute atomic E-state index is 11.7. The lowest BCUT2D eigenvalue weighted by Crippen LogP contribution is -2.34. The third-order valence-electron chi connectivity index (χ3n) is 1.73. The van der Waals surface area contributed by atoms with Crippen LogP contribution in [-0.2, 0) is 0 Å². The van der Waals surface area contributed by atoms with Crippen LogP contribution in [0, 0.1) is 0 Å². The molecule has 1 heterocycles. The molecule has 0 spiro atoms. The molecule has 0 atom stereocenters. The van der Waals surface area contributed by atoms with Crippen molar-refractivity contribution in [2.45, 2.75) is 13.3 Å². The van der Waals surface area contributed by atoms with Crippen molar-refractivity contribution < 1.29 is 9.90 Å². The highest BCUT2D eigenvalue weighted by Gasteiger charge is 2.16. The normalized spacial score (nSPS) is 10.1. The number of aliphatic hydroxyl groups is 1. The van der Waals surface area contributed by atoms with E-state index in [0.717, 1.165) is 18.1 Å². The predicted molar refractivity (Wildman–Crippen MR) is 53.2 cm³/mol. The van der Waals surface area contributed by atoms with E-state index in [1.54, 1.807) is 4.90 Å². The minimum absolute atomic E-state index is 0.0245. The van der Waals surface area contributed by atoms with E-state index in [2.05, 4.69) is 8.75 Å². The fourth-order valence-electron chi connectivity index (χ4n) is 1.13. The van der Waals surface area contributed by atoms with Crippen LogP contribution in [0.15, 0.2) is 6.20 Å². The molecule has 0 aromatic carbocycles. The van der Waals surface area contributed by atoms with Gasteiger partial charge in [0.1, 0.15) is 0 Å². The summed E-state index contributed by atoms with van der Waals surface area (Å²) in [6.45, 7) is 2.95. The van der Waals surface area contributed by atoms with Gasteiger partial charge in [0.2, 0.25) is 0 Å². The van der Waals surface area contributed by atoms with Gasteiger partial charge in [0, 0.05) is 13.1 Å². The van der Waals surface area contributed by atoms with Gasteiger partial charge in [-0.3, -0.25) is 4.79 Å². The Balaban J connectivity index is 2.63. The Morgan fingerprint density at radius 1 is 1.64 bits per heavy atom. The second-order valence-corrected chi connectivity index (χ2v) is 3.37. The number of hydrogen-bond donors (Lipinski definition) is 1. The Morgan fingerprint density at radius 2 is 2.43 bits per heavy atom. The number of carbonyl (C=O) groups excluding carboxylic acids is 1. The highest BCUT2D eigenvalue weighted by atomic mass is 32.1. The summed E-state index contributed by atoms with van der Waals surface area (Å²) in [6.07, 6.45) is 2.32. The zero-order valence-corrected chi connectivity index (χ0v) is 8.83. The molecule has 1 rings (SSSR count). The molecule has 0 aliphatic carbocycles. The quantitative estimate of drug-likeness (QED) is 0.771. The average Bonchev–Trinajstić information content (AvgIpc) is 2.69. The van der Waals surface area contributed by atoms with Crippen LogP contribution in [0.4, 0.5) is 0 Å². The van der Waals surface area contributed by atoms with Crippen molar-refractivity contribution in [1.29, 1.82) is 0 Å². The Morgan fingerprint density at radius 3 is 2.93 bits per heavy atom. The summed E-state index contributed by atoms with van der Waals surface area (Å²) >= 11 is 1.01. The fraction of sp³-hybridized carbons (Fsp3) is 0.625. The van der Waals surface area contributed by atoms with E-state index in [4.69, 9.17) is 5.11 Å². The Hall–Kier alpha value is -1.01. The van der Waals surface area contributed by atoms with Gasteiger partial charge in [-0.1, -0.05) is 6.92 Å². The molecule has 1 amide bonds. The maximum atomic E-state index is 11.7. The molecule has 78 valence electrons. The summed E-state index contributed by atoms with van der Waals surface area (Å²) in [7, 11) is 0. The number of hydrogen-bond acceptors (Lipinski definition) is 5. The predicted octanol–water partition coefficient (Wildman–Crippen LogP) is 0.383. The van der Waals surface area contributed by atoms with Crippen LogP contribution in [0.25, 0.3) is 0 Å². The average molecular weight is 215 g/mol. The minimum atomic E-state index is -0.158. The van der Waals surface area contributed by atoms with Crippen molar-refractivity contribution in [3.05, 3.63) is 11.9 Å². The van der Waals surface area contributed by atoms with Gasteiger partial charge < -0.3 is 10.0 Å². The lowest BCUT2D eigenvalue weighted by molar-refractivity contribution is 0.0717. The van der Waals surface area contributed by atoms with Crippen molar-refractivity contribution in [3.8, 4) is 0 Å². The second-order valence-electron chi connectivity index (χ2n) is 2.81. The number of aromatic nitrogens is 2. The topological polar surface area (TPSA) is 66.3 Å². The van der Waals surface area contributed by atoms with Gasteiger partial charge in [0.05, 0.1) is 24.5 Å². The zero-order valence-electron chi connectivity index (χ0n) is 8.01. The summed E-state index contributed by atoms with van der Waals surface area (Å²) in [6, 6.07) is 0.